The summed E-state index contributed by atoms with van der Waals surface area (Å²) in [5.41, 5.74) is 0.767. The number of thioether (sulfide) groups is 1. The molecule has 0 saturated carbocycles. The average Bonchev–Trinajstić information content (AvgIpc) is 2.81. The Morgan fingerprint density at radius 2 is 1.92 bits per heavy atom. The van der Waals surface area contributed by atoms with E-state index < -0.39 is 17.1 Å². The van der Waals surface area contributed by atoms with E-state index >= 15 is 0 Å². The molecule has 128 valence electrons. The van der Waals surface area contributed by atoms with Crippen molar-refractivity contribution in [3.05, 3.63) is 34.7 Å². The van der Waals surface area contributed by atoms with Crippen molar-refractivity contribution in [2.24, 2.45) is 5.92 Å². The SMILES string of the molecule is COc1ccc(/C=C2/SC(=O)N(CC(=O)OCC(C)C)C2=O)cc1. The molecule has 0 N–H and O–H groups in total. The Labute approximate surface area is 144 Å². The molecule has 0 bridgehead atoms. The molecule has 0 unspecified atom stereocenters. The Kier molecular flexibility index (Phi) is 6.03. The van der Waals surface area contributed by atoms with Crippen LogP contribution in [-0.2, 0) is 14.3 Å². The van der Waals surface area contributed by atoms with E-state index in [2.05, 4.69) is 0 Å². The smallest absolute Gasteiger partial charge is 0.326 e. The Morgan fingerprint density at radius 1 is 1.25 bits per heavy atom. The predicted octanol–water partition coefficient (Wildman–Crippen LogP) is 2.93. The van der Waals surface area contributed by atoms with Crippen molar-refractivity contribution < 1.29 is 23.9 Å². The van der Waals surface area contributed by atoms with Gasteiger partial charge < -0.3 is 9.47 Å². The fourth-order valence-corrected chi connectivity index (χ4v) is 2.76. The van der Waals surface area contributed by atoms with E-state index in [9.17, 15) is 14.4 Å². The van der Waals surface area contributed by atoms with E-state index in [1.807, 2.05) is 13.8 Å². The maximum absolute atomic E-state index is 12.3. The van der Waals surface area contributed by atoms with Gasteiger partial charge in [0.2, 0.25) is 0 Å². The van der Waals surface area contributed by atoms with Crippen LogP contribution in [0, 0.1) is 5.92 Å². The Bertz CT molecular complexity index is 666. The maximum atomic E-state index is 12.3. The molecule has 1 aliphatic rings. The number of esters is 1. The van der Waals surface area contributed by atoms with Gasteiger partial charge in [-0.2, -0.15) is 0 Å². The summed E-state index contributed by atoms with van der Waals surface area (Å²) in [4.78, 5) is 37.2. The van der Waals surface area contributed by atoms with E-state index in [-0.39, 0.29) is 24.0 Å². The summed E-state index contributed by atoms with van der Waals surface area (Å²) in [6.07, 6.45) is 1.61. The lowest BCUT2D eigenvalue weighted by atomic mass is 10.2. The normalized spacial score (nSPS) is 16.2. The molecule has 24 heavy (non-hydrogen) atoms. The first-order valence-corrected chi connectivity index (χ1v) is 8.27. The Balaban J connectivity index is 2.04. The van der Waals surface area contributed by atoms with Gasteiger partial charge in [-0.15, -0.1) is 0 Å². The van der Waals surface area contributed by atoms with Gasteiger partial charge >= 0.3 is 5.97 Å². The van der Waals surface area contributed by atoms with Crippen LogP contribution in [0.5, 0.6) is 5.75 Å². The van der Waals surface area contributed by atoms with Crippen LogP contribution < -0.4 is 4.74 Å². The van der Waals surface area contributed by atoms with E-state index in [0.29, 0.717) is 5.75 Å². The molecule has 1 saturated heterocycles. The molecule has 1 fully saturated rings. The van der Waals surface area contributed by atoms with Gasteiger partial charge in [-0.05, 0) is 41.5 Å². The molecule has 6 nitrogen and oxygen atoms in total. The quantitative estimate of drug-likeness (QED) is 0.581. The first-order valence-electron chi connectivity index (χ1n) is 7.45. The highest BCUT2D eigenvalue weighted by molar-refractivity contribution is 8.18. The molecule has 0 radical (unpaired) electrons. The van der Waals surface area contributed by atoms with Crippen LogP contribution in [0.3, 0.4) is 0 Å². The van der Waals surface area contributed by atoms with Gasteiger partial charge in [-0.3, -0.25) is 19.3 Å². The van der Waals surface area contributed by atoms with Gasteiger partial charge in [0.1, 0.15) is 12.3 Å². The molecule has 2 rings (SSSR count). The van der Waals surface area contributed by atoms with Crippen LogP contribution in [0.4, 0.5) is 4.79 Å². The van der Waals surface area contributed by atoms with E-state index in [4.69, 9.17) is 9.47 Å². The molecule has 0 aromatic heterocycles. The monoisotopic (exact) mass is 349 g/mol. The van der Waals surface area contributed by atoms with E-state index in [0.717, 1.165) is 22.2 Å². The third-order valence-electron chi connectivity index (χ3n) is 3.15. The minimum atomic E-state index is -0.586. The lowest BCUT2D eigenvalue weighted by Gasteiger charge is -2.12. The van der Waals surface area contributed by atoms with Gasteiger partial charge in [-0.25, -0.2) is 0 Å². The number of carbonyl (C=O) groups excluding carboxylic acids is 3. The minimum Gasteiger partial charge on any atom is -0.497 e. The first-order chi connectivity index (χ1) is 11.4. The molecule has 1 heterocycles. The minimum absolute atomic E-state index is 0.193. The zero-order chi connectivity index (χ0) is 17.7. The maximum Gasteiger partial charge on any atom is 0.326 e. The fourth-order valence-electron chi connectivity index (χ4n) is 1.92. The van der Waals surface area contributed by atoms with Crippen LogP contribution in [0.1, 0.15) is 19.4 Å². The number of benzene rings is 1. The summed E-state index contributed by atoms with van der Waals surface area (Å²) in [6, 6.07) is 7.09. The number of hydrogen-bond donors (Lipinski definition) is 0. The van der Waals surface area contributed by atoms with E-state index in [1.165, 1.54) is 0 Å². The zero-order valence-electron chi connectivity index (χ0n) is 13.8. The first kappa shape index (κ1) is 18.1. The number of methoxy groups -OCH3 is 1. The van der Waals surface area contributed by atoms with Crippen LogP contribution in [0.2, 0.25) is 0 Å². The van der Waals surface area contributed by atoms with Crippen molar-refractivity contribution in [2.45, 2.75) is 13.8 Å². The van der Waals surface area contributed by atoms with Gasteiger partial charge in [-0.1, -0.05) is 26.0 Å². The van der Waals surface area contributed by atoms with Crippen LogP contribution in [-0.4, -0.2) is 42.3 Å². The number of hydrogen-bond acceptors (Lipinski definition) is 6. The van der Waals surface area contributed by atoms with Gasteiger partial charge in [0, 0.05) is 0 Å². The number of carbonyl (C=O) groups is 3. The topological polar surface area (TPSA) is 72.9 Å². The van der Waals surface area contributed by atoms with Crippen molar-refractivity contribution in [1.29, 1.82) is 0 Å². The molecule has 1 aromatic rings. The van der Waals surface area contributed by atoms with Crippen molar-refractivity contribution in [3.63, 3.8) is 0 Å². The number of nitrogens with zero attached hydrogens (tertiary/aromatic N) is 1. The average molecular weight is 349 g/mol. The van der Waals surface area contributed by atoms with Gasteiger partial charge in [0.25, 0.3) is 11.1 Å². The molecule has 0 spiro atoms. The van der Waals surface area contributed by atoms with Crippen LogP contribution in [0.25, 0.3) is 6.08 Å². The summed E-state index contributed by atoms with van der Waals surface area (Å²) in [7, 11) is 1.57. The second kappa shape index (κ2) is 8.01. The molecular formula is C17H19NO5S. The van der Waals surface area contributed by atoms with Crippen molar-refractivity contribution >= 4 is 35.0 Å². The third kappa shape index (κ3) is 4.61. The van der Waals surface area contributed by atoms with Gasteiger partial charge in [0.15, 0.2) is 0 Å². The molecule has 1 aromatic carbocycles. The van der Waals surface area contributed by atoms with Crippen LogP contribution >= 0.6 is 11.8 Å². The molecule has 0 aliphatic carbocycles. The fraction of sp³-hybridized carbons (Fsp3) is 0.353. The molecule has 7 heteroatoms. The number of amides is 2. The summed E-state index contributed by atoms with van der Waals surface area (Å²) < 4.78 is 10.1. The summed E-state index contributed by atoms with van der Waals surface area (Å²) >= 11 is 0.812. The van der Waals surface area contributed by atoms with Gasteiger partial charge in [0.05, 0.1) is 18.6 Å². The highest BCUT2D eigenvalue weighted by atomic mass is 32.2. The Hall–Kier alpha value is -2.28. The zero-order valence-corrected chi connectivity index (χ0v) is 14.6. The third-order valence-corrected chi connectivity index (χ3v) is 4.06. The molecule has 0 atom stereocenters. The second-order valence-electron chi connectivity index (χ2n) is 5.62. The number of rotatable bonds is 6. The van der Waals surface area contributed by atoms with Crippen molar-refractivity contribution in [3.8, 4) is 5.75 Å². The largest absolute Gasteiger partial charge is 0.497 e. The Morgan fingerprint density at radius 3 is 2.50 bits per heavy atom. The standard InChI is InChI=1S/C17H19NO5S/c1-11(2)10-23-15(19)9-18-16(20)14(24-17(18)21)8-12-4-6-13(22-3)7-5-12/h4-8,11H,9-10H2,1-3H3/b14-8+. The molecular weight excluding hydrogens is 330 g/mol. The highest BCUT2D eigenvalue weighted by Gasteiger charge is 2.36. The number of imide groups is 1. The highest BCUT2D eigenvalue weighted by Crippen LogP contribution is 2.32. The summed E-state index contributed by atoms with van der Waals surface area (Å²) in [5, 5.41) is -0.471. The lowest BCUT2D eigenvalue weighted by Crippen LogP contribution is -2.34. The number of ether oxygens (including phenoxy) is 2. The second-order valence-corrected chi connectivity index (χ2v) is 6.61. The lowest BCUT2D eigenvalue weighted by molar-refractivity contribution is -0.147. The predicted molar refractivity (Wildman–Crippen MR) is 91.5 cm³/mol. The summed E-state index contributed by atoms with van der Waals surface area (Å²) in [6.45, 7) is 3.71. The summed E-state index contributed by atoms with van der Waals surface area (Å²) in [5.74, 6) is -0.175. The van der Waals surface area contributed by atoms with Crippen molar-refractivity contribution in [1.82, 2.24) is 4.90 Å². The van der Waals surface area contributed by atoms with Crippen LogP contribution in [0.15, 0.2) is 29.2 Å². The molecule has 2 amide bonds. The van der Waals surface area contributed by atoms with E-state index in [1.54, 1.807) is 37.5 Å². The van der Waals surface area contributed by atoms with Crippen molar-refractivity contribution in [2.75, 3.05) is 20.3 Å². The molecule has 1 aliphatic heterocycles.